The van der Waals surface area contributed by atoms with Crippen molar-refractivity contribution in [1.82, 2.24) is 19.7 Å². The van der Waals surface area contributed by atoms with Gasteiger partial charge in [0.15, 0.2) is 5.65 Å². The number of primary sulfonamides is 1. The summed E-state index contributed by atoms with van der Waals surface area (Å²) in [6.45, 7) is 8.14. The number of carbonyl (C=O) groups is 1. The summed E-state index contributed by atoms with van der Waals surface area (Å²) in [7, 11) is -3.83. The quantitative estimate of drug-likeness (QED) is 0.408. The number of aryl methyl sites for hydroxylation is 1. The Bertz CT molecular complexity index is 1370. The minimum Gasteiger partial charge on any atom is -0.460 e. The van der Waals surface area contributed by atoms with E-state index in [9.17, 15) is 13.2 Å². The smallest absolute Gasteiger partial charge is 0.306 e. The van der Waals surface area contributed by atoms with Crippen LogP contribution in [0.5, 0.6) is 0 Å². The van der Waals surface area contributed by atoms with Gasteiger partial charge in [-0.15, -0.1) is 0 Å². The van der Waals surface area contributed by atoms with Gasteiger partial charge in [-0.25, -0.2) is 23.2 Å². The maximum absolute atomic E-state index is 12.0. The van der Waals surface area contributed by atoms with Gasteiger partial charge in [-0.2, -0.15) is 10.1 Å². The standard InChI is InChI=1S/C26H36N6O4S/c1-17-5-11-21(13-22(17)37(27,34)35)30-25-28-14-20-15-29-32(24(20)31-25)16-19-8-6-18(7-9-19)10-12-23(33)36-26(2,3)4/h5,11,13-15,18-19H,6-10,12,16H2,1-4H3,(H2,27,34,35)(H,28,30,31). The first-order valence-corrected chi connectivity index (χ1v) is 14.2. The van der Waals surface area contributed by atoms with Crippen LogP contribution in [0.2, 0.25) is 0 Å². The van der Waals surface area contributed by atoms with Crippen molar-refractivity contribution < 1.29 is 17.9 Å². The highest BCUT2D eigenvalue weighted by Gasteiger charge is 2.24. The van der Waals surface area contributed by atoms with E-state index < -0.39 is 15.6 Å². The molecule has 2 heterocycles. The second kappa shape index (κ2) is 10.7. The van der Waals surface area contributed by atoms with Gasteiger partial charge in [0.2, 0.25) is 16.0 Å². The molecule has 1 aliphatic rings. The number of nitrogens with zero attached hydrogens (tertiary/aromatic N) is 4. The Morgan fingerprint density at radius 3 is 2.54 bits per heavy atom. The molecule has 37 heavy (non-hydrogen) atoms. The fourth-order valence-corrected chi connectivity index (χ4v) is 5.64. The lowest BCUT2D eigenvalue weighted by Crippen LogP contribution is -2.25. The van der Waals surface area contributed by atoms with Gasteiger partial charge in [0.25, 0.3) is 0 Å². The van der Waals surface area contributed by atoms with Gasteiger partial charge in [0, 0.05) is 24.8 Å². The van der Waals surface area contributed by atoms with E-state index in [1.807, 2.05) is 25.5 Å². The first-order valence-electron chi connectivity index (χ1n) is 12.7. The van der Waals surface area contributed by atoms with E-state index in [4.69, 9.17) is 9.88 Å². The fraction of sp³-hybridized carbons (Fsp3) is 0.538. The second-order valence-corrected chi connectivity index (χ2v) is 12.5. The lowest BCUT2D eigenvalue weighted by Gasteiger charge is -2.28. The number of rotatable bonds is 8. The first-order chi connectivity index (χ1) is 17.4. The summed E-state index contributed by atoms with van der Waals surface area (Å²) in [5.41, 5.74) is 1.39. The molecule has 3 aromatic rings. The summed E-state index contributed by atoms with van der Waals surface area (Å²) < 4.78 is 31.1. The number of hydrogen-bond donors (Lipinski definition) is 2. The Morgan fingerprint density at radius 1 is 1.16 bits per heavy atom. The van der Waals surface area contributed by atoms with Gasteiger partial charge >= 0.3 is 5.97 Å². The molecular weight excluding hydrogens is 492 g/mol. The van der Waals surface area contributed by atoms with Crippen LogP contribution < -0.4 is 10.5 Å². The molecule has 1 fully saturated rings. The molecular formula is C26H36N6O4S. The molecule has 0 unspecified atom stereocenters. The molecule has 0 atom stereocenters. The summed E-state index contributed by atoms with van der Waals surface area (Å²) in [5.74, 6) is 1.27. The highest BCUT2D eigenvalue weighted by atomic mass is 32.2. The Labute approximate surface area is 218 Å². The van der Waals surface area contributed by atoms with Crippen LogP contribution in [0.3, 0.4) is 0 Å². The summed E-state index contributed by atoms with van der Waals surface area (Å²) in [6, 6.07) is 4.93. The average molecular weight is 529 g/mol. The minimum absolute atomic E-state index is 0.0605. The van der Waals surface area contributed by atoms with Gasteiger partial charge in [-0.3, -0.25) is 4.79 Å². The lowest BCUT2D eigenvalue weighted by atomic mass is 9.80. The van der Waals surface area contributed by atoms with E-state index in [1.165, 1.54) is 6.07 Å². The Morgan fingerprint density at radius 2 is 1.86 bits per heavy atom. The molecule has 0 spiro atoms. The number of aromatic nitrogens is 4. The highest BCUT2D eigenvalue weighted by molar-refractivity contribution is 7.89. The second-order valence-electron chi connectivity index (χ2n) is 11.0. The van der Waals surface area contributed by atoms with Gasteiger partial charge in [0.05, 0.1) is 16.5 Å². The zero-order valence-electron chi connectivity index (χ0n) is 21.9. The van der Waals surface area contributed by atoms with Gasteiger partial charge in [-0.1, -0.05) is 18.9 Å². The Balaban J connectivity index is 1.37. The minimum atomic E-state index is -3.83. The molecule has 2 aromatic heterocycles. The van der Waals surface area contributed by atoms with Crippen molar-refractivity contribution in [3.63, 3.8) is 0 Å². The third kappa shape index (κ3) is 7.26. The SMILES string of the molecule is Cc1ccc(Nc2ncc3cnn(CC4CCC(CCC(=O)OC(C)(C)C)CC4)c3n2)cc1S(N)(=O)=O. The normalized spacial score (nSPS) is 18.6. The number of fused-ring (bicyclic) bond motifs is 1. The van der Waals surface area contributed by atoms with Gasteiger partial charge < -0.3 is 10.1 Å². The molecule has 0 radical (unpaired) electrons. The lowest BCUT2D eigenvalue weighted by molar-refractivity contribution is -0.155. The first kappa shape index (κ1) is 27.0. The van der Waals surface area contributed by atoms with E-state index in [0.717, 1.165) is 49.7 Å². The molecule has 10 nitrogen and oxygen atoms in total. The van der Waals surface area contributed by atoms with Crippen LogP contribution in [0.25, 0.3) is 11.0 Å². The van der Waals surface area contributed by atoms with Crippen LogP contribution in [0.4, 0.5) is 11.6 Å². The van der Waals surface area contributed by atoms with E-state index in [-0.39, 0.29) is 10.9 Å². The van der Waals surface area contributed by atoms with Crippen LogP contribution in [0.15, 0.2) is 35.5 Å². The van der Waals surface area contributed by atoms with Crippen LogP contribution in [0.1, 0.15) is 64.9 Å². The Kier molecular flexibility index (Phi) is 7.84. The highest BCUT2D eigenvalue weighted by Crippen LogP contribution is 2.33. The Hall–Kier alpha value is -3.05. The molecule has 0 saturated heterocycles. The van der Waals surface area contributed by atoms with E-state index in [1.54, 1.807) is 31.5 Å². The van der Waals surface area contributed by atoms with Crippen molar-refractivity contribution in [1.29, 1.82) is 0 Å². The molecule has 200 valence electrons. The summed E-state index contributed by atoms with van der Waals surface area (Å²) in [6.07, 6.45) is 9.16. The number of ether oxygens (including phenoxy) is 1. The number of sulfonamides is 1. The summed E-state index contributed by atoms with van der Waals surface area (Å²) in [4.78, 5) is 21.1. The molecule has 1 aliphatic carbocycles. The number of nitrogens with one attached hydrogen (secondary N) is 1. The molecule has 4 rings (SSSR count). The van der Waals surface area contributed by atoms with Crippen molar-refractivity contribution in [2.45, 2.75) is 83.3 Å². The zero-order chi connectivity index (χ0) is 26.8. The van der Waals surface area contributed by atoms with E-state index in [0.29, 0.717) is 35.5 Å². The predicted octanol–water partition coefficient (Wildman–Crippen LogP) is 4.45. The number of nitrogens with two attached hydrogens (primary N) is 1. The largest absolute Gasteiger partial charge is 0.460 e. The zero-order valence-corrected chi connectivity index (χ0v) is 22.7. The van der Waals surface area contributed by atoms with Crippen molar-refractivity contribution in [3.8, 4) is 0 Å². The summed E-state index contributed by atoms with van der Waals surface area (Å²) in [5, 5.41) is 13.8. The number of anilines is 2. The van der Waals surface area contributed by atoms with Crippen LogP contribution in [-0.4, -0.2) is 39.7 Å². The fourth-order valence-electron chi connectivity index (χ4n) is 4.84. The monoisotopic (exact) mass is 528 g/mol. The predicted molar refractivity (Wildman–Crippen MR) is 142 cm³/mol. The maximum atomic E-state index is 12.0. The van der Waals surface area contributed by atoms with Crippen molar-refractivity contribution in [2.24, 2.45) is 17.0 Å². The molecule has 0 bridgehead atoms. The van der Waals surface area contributed by atoms with Gasteiger partial charge in [-0.05, 0) is 76.5 Å². The molecule has 1 aromatic carbocycles. The van der Waals surface area contributed by atoms with Crippen LogP contribution in [0, 0.1) is 18.8 Å². The molecule has 3 N–H and O–H groups in total. The molecule has 11 heteroatoms. The third-order valence-electron chi connectivity index (χ3n) is 6.70. The van der Waals surface area contributed by atoms with Crippen molar-refractivity contribution >= 4 is 38.7 Å². The third-order valence-corrected chi connectivity index (χ3v) is 7.75. The van der Waals surface area contributed by atoms with E-state index in [2.05, 4.69) is 20.4 Å². The number of esters is 1. The molecule has 0 amide bonds. The number of hydrogen-bond acceptors (Lipinski definition) is 8. The van der Waals surface area contributed by atoms with Crippen LogP contribution in [-0.2, 0) is 26.1 Å². The number of benzene rings is 1. The number of carbonyl (C=O) groups excluding carboxylic acids is 1. The van der Waals surface area contributed by atoms with Crippen molar-refractivity contribution in [3.05, 3.63) is 36.2 Å². The van der Waals surface area contributed by atoms with Crippen molar-refractivity contribution in [2.75, 3.05) is 5.32 Å². The summed E-state index contributed by atoms with van der Waals surface area (Å²) >= 11 is 0. The van der Waals surface area contributed by atoms with Gasteiger partial charge in [0.1, 0.15) is 5.60 Å². The van der Waals surface area contributed by atoms with Crippen LogP contribution >= 0.6 is 0 Å². The molecule has 1 saturated carbocycles. The average Bonchev–Trinajstić information content (AvgIpc) is 3.20. The van der Waals surface area contributed by atoms with E-state index >= 15 is 0 Å². The maximum Gasteiger partial charge on any atom is 0.306 e. The molecule has 0 aliphatic heterocycles. The topological polar surface area (TPSA) is 142 Å².